The number of halogens is 2. The largest absolute Gasteiger partial charge is 0.490 e. The maximum atomic E-state index is 13.1. The van der Waals surface area contributed by atoms with Crippen molar-refractivity contribution in [2.45, 2.75) is 50.5 Å². The Morgan fingerprint density at radius 1 is 1.50 bits per heavy atom. The predicted octanol–water partition coefficient (Wildman–Crippen LogP) is 4.32. The number of hydrogen-bond acceptors (Lipinski definition) is 1. The summed E-state index contributed by atoms with van der Waals surface area (Å²) < 4.78 is 19.1. The second-order valence-corrected chi connectivity index (χ2v) is 6.67. The lowest BCUT2D eigenvalue weighted by molar-refractivity contribution is 0.149. The van der Waals surface area contributed by atoms with E-state index in [9.17, 15) is 4.39 Å². The molecule has 18 heavy (non-hydrogen) atoms. The van der Waals surface area contributed by atoms with Crippen LogP contribution in [0.1, 0.15) is 38.2 Å². The molecule has 3 atom stereocenters. The van der Waals surface area contributed by atoms with Crippen molar-refractivity contribution in [2.75, 3.05) is 0 Å². The number of alkyl halides is 1. The van der Waals surface area contributed by atoms with Crippen molar-refractivity contribution in [3.63, 3.8) is 0 Å². The van der Waals surface area contributed by atoms with Crippen LogP contribution in [0.4, 0.5) is 4.39 Å². The van der Waals surface area contributed by atoms with E-state index in [1.807, 2.05) is 0 Å². The third kappa shape index (κ3) is 2.35. The molecule has 3 heteroatoms. The number of benzene rings is 1. The van der Waals surface area contributed by atoms with Gasteiger partial charge >= 0.3 is 0 Å². The van der Waals surface area contributed by atoms with Crippen molar-refractivity contribution in [3.05, 3.63) is 29.6 Å². The highest BCUT2D eigenvalue weighted by Crippen LogP contribution is 2.45. The Kier molecular flexibility index (Phi) is 3.01. The summed E-state index contributed by atoms with van der Waals surface area (Å²) in [7, 11) is 0. The molecule has 1 nitrogen and oxygen atoms in total. The minimum Gasteiger partial charge on any atom is -0.490 e. The predicted molar refractivity (Wildman–Crippen MR) is 70.7 cm³/mol. The summed E-state index contributed by atoms with van der Waals surface area (Å²) in [4.78, 5) is 0. The molecule has 3 unspecified atom stereocenters. The number of rotatable bonds is 2. The van der Waals surface area contributed by atoms with Gasteiger partial charge in [-0.3, -0.25) is 0 Å². The Labute approximate surface area is 112 Å². The fraction of sp³-hybridized carbons (Fsp3) is 0.600. The first-order valence-corrected chi connectivity index (χ1v) is 7.07. The van der Waals surface area contributed by atoms with Gasteiger partial charge in [-0.25, -0.2) is 4.39 Å². The lowest BCUT2D eigenvalue weighted by atomic mass is 9.82. The van der Waals surface area contributed by atoms with Crippen molar-refractivity contribution in [1.29, 1.82) is 0 Å². The summed E-state index contributed by atoms with van der Waals surface area (Å²) in [5.74, 6) is 0.677. The zero-order valence-corrected chi connectivity index (χ0v) is 11.3. The maximum Gasteiger partial charge on any atom is 0.123 e. The molecule has 98 valence electrons. The van der Waals surface area contributed by atoms with Crippen LogP contribution in [-0.2, 0) is 6.42 Å². The highest BCUT2D eigenvalue weighted by Gasteiger charge is 2.38. The van der Waals surface area contributed by atoms with Gasteiger partial charge in [-0.05, 0) is 49.3 Å². The van der Waals surface area contributed by atoms with Crippen LogP contribution in [0.3, 0.4) is 0 Å². The Bertz CT molecular complexity index is 462. The van der Waals surface area contributed by atoms with Gasteiger partial charge in [-0.2, -0.15) is 0 Å². The quantitative estimate of drug-likeness (QED) is 0.726. The lowest BCUT2D eigenvalue weighted by Gasteiger charge is -2.26. The Balaban J connectivity index is 1.68. The van der Waals surface area contributed by atoms with Gasteiger partial charge in [-0.1, -0.05) is 6.92 Å². The smallest absolute Gasteiger partial charge is 0.123 e. The Morgan fingerprint density at radius 3 is 3.06 bits per heavy atom. The molecular formula is C15H18ClFO. The van der Waals surface area contributed by atoms with E-state index in [0.717, 1.165) is 37.0 Å². The molecule has 0 amide bonds. The van der Waals surface area contributed by atoms with Crippen molar-refractivity contribution in [2.24, 2.45) is 5.41 Å². The lowest BCUT2D eigenvalue weighted by Crippen LogP contribution is -2.24. The first-order chi connectivity index (χ1) is 8.54. The van der Waals surface area contributed by atoms with E-state index in [4.69, 9.17) is 16.3 Å². The molecule has 0 radical (unpaired) electrons. The highest BCUT2D eigenvalue weighted by atomic mass is 35.5. The average Bonchev–Trinajstić information content (AvgIpc) is 2.81. The van der Waals surface area contributed by atoms with Crippen molar-refractivity contribution in [1.82, 2.24) is 0 Å². The summed E-state index contributed by atoms with van der Waals surface area (Å²) in [6.45, 7) is 2.29. The summed E-state index contributed by atoms with van der Waals surface area (Å²) in [5.41, 5.74) is 1.29. The first-order valence-electron chi connectivity index (χ1n) is 6.63. The van der Waals surface area contributed by atoms with E-state index in [1.54, 1.807) is 12.1 Å². The molecule has 0 N–H and O–H groups in total. The zero-order valence-electron chi connectivity index (χ0n) is 10.6. The van der Waals surface area contributed by atoms with E-state index in [1.165, 1.54) is 12.5 Å². The van der Waals surface area contributed by atoms with Crippen LogP contribution >= 0.6 is 11.6 Å². The molecule has 0 bridgehead atoms. The van der Waals surface area contributed by atoms with Crippen LogP contribution in [0.15, 0.2) is 18.2 Å². The van der Waals surface area contributed by atoms with Gasteiger partial charge < -0.3 is 4.74 Å². The maximum absolute atomic E-state index is 13.1. The highest BCUT2D eigenvalue weighted by molar-refractivity contribution is 6.20. The summed E-state index contributed by atoms with van der Waals surface area (Å²) in [5, 5.41) is 0.316. The van der Waals surface area contributed by atoms with Crippen LogP contribution in [0.25, 0.3) is 0 Å². The van der Waals surface area contributed by atoms with Gasteiger partial charge in [0.2, 0.25) is 0 Å². The van der Waals surface area contributed by atoms with E-state index in [0.29, 0.717) is 5.38 Å². The van der Waals surface area contributed by atoms with E-state index < -0.39 is 0 Å². The molecule has 0 spiro atoms. The normalized spacial score (nSPS) is 34.4. The van der Waals surface area contributed by atoms with Gasteiger partial charge in [0.1, 0.15) is 17.7 Å². The molecular weight excluding hydrogens is 251 g/mol. The molecule has 1 aliphatic carbocycles. The molecule has 0 saturated heterocycles. The summed E-state index contributed by atoms with van der Waals surface area (Å²) >= 11 is 6.20. The van der Waals surface area contributed by atoms with Crippen molar-refractivity contribution >= 4 is 11.6 Å². The average molecular weight is 269 g/mol. The Hall–Kier alpha value is -0.760. The van der Waals surface area contributed by atoms with Crippen LogP contribution in [-0.4, -0.2) is 11.5 Å². The molecule has 1 saturated carbocycles. The molecule has 1 heterocycles. The van der Waals surface area contributed by atoms with Crippen LogP contribution in [0.2, 0.25) is 0 Å². The molecule has 0 aromatic heterocycles. The second-order valence-electron chi connectivity index (χ2n) is 6.05. The number of ether oxygens (including phenoxy) is 1. The fourth-order valence-corrected chi connectivity index (χ4v) is 3.86. The molecule has 1 aromatic rings. The van der Waals surface area contributed by atoms with Crippen molar-refractivity contribution < 1.29 is 9.13 Å². The van der Waals surface area contributed by atoms with Crippen LogP contribution < -0.4 is 4.74 Å². The third-order valence-electron chi connectivity index (χ3n) is 4.26. The van der Waals surface area contributed by atoms with Gasteiger partial charge in [0.25, 0.3) is 0 Å². The molecule has 3 rings (SSSR count). The van der Waals surface area contributed by atoms with Crippen LogP contribution in [0, 0.1) is 11.2 Å². The van der Waals surface area contributed by atoms with Gasteiger partial charge in [-0.15, -0.1) is 11.6 Å². The molecule has 1 aliphatic heterocycles. The number of hydrogen-bond donors (Lipinski definition) is 0. The monoisotopic (exact) mass is 268 g/mol. The minimum absolute atomic E-state index is 0.175. The summed E-state index contributed by atoms with van der Waals surface area (Å²) in [6.07, 6.45) is 5.38. The van der Waals surface area contributed by atoms with Gasteiger partial charge in [0, 0.05) is 17.4 Å². The zero-order chi connectivity index (χ0) is 12.8. The van der Waals surface area contributed by atoms with Crippen molar-refractivity contribution in [3.8, 4) is 5.75 Å². The second kappa shape index (κ2) is 4.41. The Morgan fingerprint density at radius 2 is 2.33 bits per heavy atom. The van der Waals surface area contributed by atoms with E-state index in [2.05, 4.69) is 6.92 Å². The van der Waals surface area contributed by atoms with Crippen LogP contribution in [0.5, 0.6) is 5.75 Å². The topological polar surface area (TPSA) is 9.23 Å². The fourth-order valence-electron chi connectivity index (χ4n) is 3.38. The van der Waals surface area contributed by atoms with E-state index in [-0.39, 0.29) is 17.3 Å². The molecule has 1 aromatic carbocycles. The summed E-state index contributed by atoms with van der Waals surface area (Å²) in [6, 6.07) is 4.80. The van der Waals surface area contributed by atoms with Gasteiger partial charge in [0.15, 0.2) is 0 Å². The number of fused-ring (bicyclic) bond motifs is 1. The molecule has 2 aliphatic rings. The standard InChI is InChI=1S/C15H18ClFO/c1-15(5-4-11(16)8-15)9-13-7-10-6-12(17)2-3-14(10)18-13/h2-3,6,11,13H,4-5,7-9H2,1H3. The first kappa shape index (κ1) is 12.3. The van der Waals surface area contributed by atoms with Gasteiger partial charge in [0.05, 0.1) is 0 Å². The molecule has 1 fully saturated rings. The third-order valence-corrected chi connectivity index (χ3v) is 4.63. The SMILES string of the molecule is CC1(CC2Cc3cc(F)ccc3O2)CCC(Cl)C1. The minimum atomic E-state index is -0.175. The van der Waals surface area contributed by atoms with E-state index >= 15 is 0 Å².